The Kier molecular flexibility index (Phi) is 6.76. The van der Waals surface area contributed by atoms with Crippen LogP contribution in [-0.2, 0) is 4.74 Å². The molecule has 9 nitrogen and oxygen atoms in total. The Morgan fingerprint density at radius 3 is 2.38 bits per heavy atom. The number of halogens is 1. The third-order valence-electron chi connectivity index (χ3n) is 5.81. The first-order valence-electron chi connectivity index (χ1n) is 11.5. The average Bonchev–Trinajstić information content (AvgIpc) is 3.42. The predicted molar refractivity (Wildman–Crippen MR) is 132 cm³/mol. The Bertz CT molecular complexity index is 1110. The lowest BCUT2D eigenvalue weighted by Gasteiger charge is -2.27. The number of rotatable bonds is 7. The number of hydrazone groups is 1. The molecule has 0 saturated carbocycles. The van der Waals surface area contributed by atoms with Crippen LogP contribution < -0.4 is 20.5 Å². The summed E-state index contributed by atoms with van der Waals surface area (Å²) in [6.45, 7) is 4.54. The van der Waals surface area contributed by atoms with Crippen molar-refractivity contribution in [3.8, 4) is 0 Å². The maximum atomic E-state index is 14.1. The van der Waals surface area contributed by atoms with E-state index in [0.717, 1.165) is 30.7 Å². The molecule has 5 rings (SSSR count). The maximum Gasteiger partial charge on any atom is 0.245 e. The van der Waals surface area contributed by atoms with E-state index in [9.17, 15) is 4.39 Å². The molecule has 2 aliphatic rings. The van der Waals surface area contributed by atoms with E-state index < -0.39 is 5.82 Å². The van der Waals surface area contributed by atoms with Gasteiger partial charge in [-0.2, -0.15) is 10.1 Å². The molecule has 0 aliphatic carbocycles. The number of nitrogens with zero attached hydrogens (tertiary/aromatic N) is 6. The third kappa shape index (κ3) is 5.40. The molecule has 0 atom stereocenters. The molecule has 176 valence electrons. The summed E-state index contributed by atoms with van der Waals surface area (Å²) in [6.07, 6.45) is 6.99. The van der Waals surface area contributed by atoms with Gasteiger partial charge in [-0.3, -0.25) is 4.98 Å². The summed E-state index contributed by atoms with van der Waals surface area (Å²) in [4.78, 5) is 16.9. The SMILES string of the molecule is Fc1cnc(N/N=C/c2ccc(Nc3ccc(N4CCCC4)cc3)cn2)nc1N1CCOCC1. The Morgan fingerprint density at radius 2 is 1.65 bits per heavy atom. The molecule has 3 aromatic rings. The first-order valence-corrected chi connectivity index (χ1v) is 11.5. The number of pyridine rings is 1. The highest BCUT2D eigenvalue weighted by molar-refractivity contribution is 5.78. The van der Waals surface area contributed by atoms with Gasteiger partial charge in [0.1, 0.15) is 0 Å². The number of aromatic nitrogens is 3. The largest absolute Gasteiger partial charge is 0.378 e. The van der Waals surface area contributed by atoms with E-state index in [1.807, 2.05) is 17.0 Å². The molecule has 0 amide bonds. The minimum Gasteiger partial charge on any atom is -0.378 e. The third-order valence-corrected chi connectivity index (χ3v) is 5.81. The van der Waals surface area contributed by atoms with Crippen molar-refractivity contribution in [1.29, 1.82) is 0 Å². The van der Waals surface area contributed by atoms with Crippen LogP contribution in [0.1, 0.15) is 18.5 Å². The average molecular weight is 463 g/mol. The van der Waals surface area contributed by atoms with Crippen LogP contribution in [0.3, 0.4) is 0 Å². The first-order chi connectivity index (χ1) is 16.7. The lowest BCUT2D eigenvalue weighted by Crippen LogP contribution is -2.37. The number of hydrogen-bond donors (Lipinski definition) is 2. The first kappa shape index (κ1) is 22.0. The van der Waals surface area contributed by atoms with E-state index in [2.05, 4.69) is 60.0 Å². The van der Waals surface area contributed by atoms with Gasteiger partial charge in [0.25, 0.3) is 0 Å². The van der Waals surface area contributed by atoms with Gasteiger partial charge in [0.2, 0.25) is 5.95 Å². The number of nitrogens with one attached hydrogen (secondary N) is 2. The minimum absolute atomic E-state index is 0.217. The van der Waals surface area contributed by atoms with Gasteiger partial charge < -0.3 is 19.9 Å². The number of morpholine rings is 1. The zero-order valence-corrected chi connectivity index (χ0v) is 18.8. The van der Waals surface area contributed by atoms with E-state index in [1.165, 1.54) is 18.5 Å². The van der Waals surface area contributed by atoms with Crippen molar-refractivity contribution in [2.75, 3.05) is 59.9 Å². The van der Waals surface area contributed by atoms with Crippen LogP contribution in [0.15, 0.2) is 53.9 Å². The lowest BCUT2D eigenvalue weighted by atomic mass is 10.2. The molecule has 1 aromatic carbocycles. The zero-order valence-electron chi connectivity index (χ0n) is 18.8. The highest BCUT2D eigenvalue weighted by Crippen LogP contribution is 2.24. The highest BCUT2D eigenvalue weighted by atomic mass is 19.1. The summed E-state index contributed by atoms with van der Waals surface area (Å²) >= 11 is 0. The van der Waals surface area contributed by atoms with Crippen molar-refractivity contribution in [3.05, 3.63) is 60.3 Å². The molecule has 2 N–H and O–H groups in total. The van der Waals surface area contributed by atoms with Crippen molar-refractivity contribution >= 4 is 35.0 Å². The quantitative estimate of drug-likeness (QED) is 0.406. The fourth-order valence-corrected chi connectivity index (χ4v) is 4.02. The van der Waals surface area contributed by atoms with Crippen LogP contribution in [0.2, 0.25) is 0 Å². The van der Waals surface area contributed by atoms with E-state index in [1.54, 1.807) is 12.4 Å². The smallest absolute Gasteiger partial charge is 0.245 e. The number of anilines is 5. The monoisotopic (exact) mass is 462 g/mol. The molecular formula is C24H27FN8O. The minimum atomic E-state index is -0.466. The molecule has 2 saturated heterocycles. The standard InChI is InChI=1S/C24H27FN8O/c25-22-17-27-24(30-23(22)33-11-13-34-14-12-33)31-28-16-19-3-4-20(15-26-19)29-18-5-7-21(8-6-18)32-9-1-2-10-32/h3-8,15-17,29H,1-2,9-14H2,(H,27,30,31)/b28-16+. The summed E-state index contributed by atoms with van der Waals surface area (Å²) in [5.41, 5.74) is 6.57. The van der Waals surface area contributed by atoms with Crippen LogP contribution in [-0.4, -0.2) is 60.6 Å². The Balaban J connectivity index is 1.16. The Hall–Kier alpha value is -3.79. The summed E-state index contributed by atoms with van der Waals surface area (Å²) in [5, 5.41) is 7.50. The maximum absolute atomic E-state index is 14.1. The van der Waals surface area contributed by atoms with Gasteiger partial charge in [-0.05, 0) is 49.2 Å². The molecule has 2 aromatic heterocycles. The van der Waals surface area contributed by atoms with Gasteiger partial charge in [-0.15, -0.1) is 0 Å². The van der Waals surface area contributed by atoms with Gasteiger partial charge in [0.15, 0.2) is 11.6 Å². The fraction of sp³-hybridized carbons (Fsp3) is 0.333. The summed E-state index contributed by atoms with van der Waals surface area (Å²) in [7, 11) is 0. The Morgan fingerprint density at radius 1 is 0.882 bits per heavy atom. The van der Waals surface area contributed by atoms with Crippen LogP contribution in [0, 0.1) is 5.82 Å². The molecule has 2 aliphatic heterocycles. The number of benzene rings is 1. The van der Waals surface area contributed by atoms with Crippen molar-refractivity contribution in [2.45, 2.75) is 12.8 Å². The van der Waals surface area contributed by atoms with Gasteiger partial charge in [-0.25, -0.2) is 14.8 Å². The molecule has 0 unspecified atom stereocenters. The molecular weight excluding hydrogens is 435 g/mol. The summed E-state index contributed by atoms with van der Waals surface area (Å²) in [5.74, 6) is -0.000286. The van der Waals surface area contributed by atoms with Gasteiger partial charge >= 0.3 is 0 Å². The number of ether oxygens (including phenoxy) is 1. The normalized spacial score (nSPS) is 16.3. The van der Waals surface area contributed by atoms with E-state index >= 15 is 0 Å². The molecule has 0 bridgehead atoms. The van der Waals surface area contributed by atoms with E-state index in [-0.39, 0.29) is 11.8 Å². The van der Waals surface area contributed by atoms with Crippen molar-refractivity contribution < 1.29 is 9.13 Å². The summed E-state index contributed by atoms with van der Waals surface area (Å²) < 4.78 is 19.4. The molecule has 2 fully saturated rings. The van der Waals surface area contributed by atoms with Crippen molar-refractivity contribution in [2.24, 2.45) is 5.10 Å². The van der Waals surface area contributed by atoms with Crippen LogP contribution in [0.25, 0.3) is 0 Å². The topological polar surface area (TPSA) is 90.8 Å². The molecule has 10 heteroatoms. The molecule has 0 spiro atoms. The fourth-order valence-electron chi connectivity index (χ4n) is 4.02. The zero-order chi connectivity index (χ0) is 23.2. The van der Waals surface area contributed by atoms with Crippen LogP contribution in [0.5, 0.6) is 0 Å². The van der Waals surface area contributed by atoms with Crippen molar-refractivity contribution in [1.82, 2.24) is 15.0 Å². The second kappa shape index (κ2) is 10.4. The van der Waals surface area contributed by atoms with Crippen LogP contribution >= 0.6 is 0 Å². The van der Waals surface area contributed by atoms with Gasteiger partial charge in [0, 0.05) is 37.6 Å². The second-order valence-electron chi connectivity index (χ2n) is 8.17. The molecule has 34 heavy (non-hydrogen) atoms. The molecule has 4 heterocycles. The van der Waals surface area contributed by atoms with Gasteiger partial charge in [0.05, 0.1) is 43.2 Å². The molecule has 0 radical (unpaired) electrons. The lowest BCUT2D eigenvalue weighted by molar-refractivity contribution is 0.122. The Labute approximate surface area is 197 Å². The van der Waals surface area contributed by atoms with Gasteiger partial charge in [-0.1, -0.05) is 0 Å². The van der Waals surface area contributed by atoms with Crippen molar-refractivity contribution in [3.63, 3.8) is 0 Å². The second-order valence-corrected chi connectivity index (χ2v) is 8.17. The predicted octanol–water partition coefficient (Wildman–Crippen LogP) is 3.64. The van der Waals surface area contributed by atoms with Crippen LogP contribution in [0.4, 0.5) is 33.2 Å². The summed E-state index contributed by atoms with van der Waals surface area (Å²) in [6, 6.07) is 12.3. The number of hydrogen-bond acceptors (Lipinski definition) is 9. The highest BCUT2D eigenvalue weighted by Gasteiger charge is 2.17. The van der Waals surface area contributed by atoms with E-state index in [4.69, 9.17) is 4.74 Å². The van der Waals surface area contributed by atoms with E-state index in [0.29, 0.717) is 32.0 Å².